The van der Waals surface area contributed by atoms with E-state index in [0.717, 1.165) is 32.9 Å². The first-order valence-electron chi connectivity index (χ1n) is 16.4. The first-order valence-corrected chi connectivity index (χ1v) is 16.4. The Labute approximate surface area is 299 Å². The minimum atomic E-state index is -0.487. The number of fused-ring (bicyclic) bond motifs is 2. The number of amides is 2. The number of aromatic hydroxyl groups is 4. The highest BCUT2D eigenvalue weighted by molar-refractivity contribution is 5.97. The fourth-order valence-electron chi connectivity index (χ4n) is 6.00. The maximum atomic E-state index is 14.2. The van der Waals surface area contributed by atoms with Crippen molar-refractivity contribution >= 4 is 45.8 Å². The number of phenolic OH excluding ortho intramolecular Hbond substituents is 4. The van der Waals surface area contributed by atoms with E-state index in [1.54, 1.807) is 72.8 Å². The summed E-state index contributed by atoms with van der Waals surface area (Å²) in [6.45, 7) is 0.179. The number of benzene rings is 4. The van der Waals surface area contributed by atoms with Crippen LogP contribution in [0.2, 0.25) is 0 Å². The van der Waals surface area contributed by atoms with Crippen LogP contribution in [-0.2, 0) is 22.4 Å². The average molecular weight is 703 g/mol. The highest BCUT2D eigenvalue weighted by atomic mass is 16.5. The van der Waals surface area contributed by atoms with Crippen LogP contribution in [0.5, 0.6) is 34.5 Å². The van der Waals surface area contributed by atoms with Gasteiger partial charge in [-0.3, -0.25) is 9.59 Å². The molecule has 6 N–H and O–H groups in total. The molecule has 6 aromatic rings. The zero-order chi connectivity index (χ0) is 36.8. The van der Waals surface area contributed by atoms with Gasteiger partial charge < -0.3 is 39.9 Å². The van der Waals surface area contributed by atoms with E-state index in [1.165, 1.54) is 48.5 Å². The van der Waals surface area contributed by atoms with E-state index < -0.39 is 11.8 Å². The number of ether oxygens (including phenoxy) is 2. The SMILES string of the molecule is COc1cc(C=CC(=O)N(CCc2c[nH]c3ccc(O)cc23)N(CCc2c[nH]c3ccc(O)cc23)C(=O)C=Cc2ccc(O)c(OC)c2)ccc1O. The van der Waals surface area contributed by atoms with Gasteiger partial charge in [0.25, 0.3) is 11.8 Å². The lowest BCUT2D eigenvalue weighted by molar-refractivity contribution is -0.157. The standard InChI is InChI=1S/C40H38N4O8/c1-51-37-19-25(3-11-35(37)47)5-13-39(49)43(17-15-27-23-41-33-9-7-29(45)21-31(27)33)44(18-16-28-24-42-34-10-8-30(46)22-32(28)34)40(50)14-6-26-4-12-36(48)38(20-26)52-2/h3-14,19-24,41-42,45-48H,15-18H2,1-2H3. The van der Waals surface area contributed by atoms with E-state index in [-0.39, 0.29) is 47.6 Å². The summed E-state index contributed by atoms with van der Waals surface area (Å²) in [5, 5.41) is 44.8. The smallest absolute Gasteiger partial charge is 0.265 e. The van der Waals surface area contributed by atoms with Gasteiger partial charge >= 0.3 is 0 Å². The molecule has 266 valence electrons. The number of aromatic amines is 2. The first-order chi connectivity index (χ1) is 25.1. The molecule has 0 bridgehead atoms. The van der Waals surface area contributed by atoms with E-state index in [9.17, 15) is 30.0 Å². The fraction of sp³-hybridized carbons (Fsp3) is 0.150. The van der Waals surface area contributed by atoms with E-state index in [2.05, 4.69) is 9.97 Å². The summed E-state index contributed by atoms with van der Waals surface area (Å²) in [5.41, 5.74) is 4.48. The molecule has 0 atom stereocenters. The van der Waals surface area contributed by atoms with Crippen LogP contribution in [0.15, 0.2) is 97.3 Å². The first kappa shape index (κ1) is 35.0. The summed E-state index contributed by atoms with van der Waals surface area (Å²) in [5.74, 6) is -0.371. The highest BCUT2D eigenvalue weighted by Crippen LogP contribution is 2.29. The van der Waals surface area contributed by atoms with Crippen molar-refractivity contribution < 1.29 is 39.5 Å². The molecule has 0 aliphatic heterocycles. The molecule has 52 heavy (non-hydrogen) atoms. The third kappa shape index (κ3) is 7.81. The number of carbonyl (C=O) groups excluding carboxylic acids is 2. The number of hydrogen-bond acceptors (Lipinski definition) is 8. The Morgan fingerprint density at radius 3 is 1.44 bits per heavy atom. The molecule has 0 aliphatic carbocycles. The topological polar surface area (TPSA) is 172 Å². The monoisotopic (exact) mass is 702 g/mol. The predicted octanol–water partition coefficient (Wildman–Crippen LogP) is 6.27. The second kappa shape index (κ2) is 15.4. The van der Waals surface area contributed by atoms with Gasteiger partial charge in [-0.15, -0.1) is 0 Å². The predicted molar refractivity (Wildman–Crippen MR) is 198 cm³/mol. The summed E-state index contributed by atoms with van der Waals surface area (Å²) in [7, 11) is 2.86. The van der Waals surface area contributed by atoms with Crippen LogP contribution >= 0.6 is 0 Å². The van der Waals surface area contributed by atoms with Crippen molar-refractivity contribution in [3.8, 4) is 34.5 Å². The van der Waals surface area contributed by atoms with E-state index in [0.29, 0.717) is 24.0 Å². The van der Waals surface area contributed by atoms with E-state index in [1.807, 2.05) is 12.4 Å². The molecule has 4 aromatic carbocycles. The van der Waals surface area contributed by atoms with E-state index >= 15 is 0 Å². The number of aromatic nitrogens is 2. The molecule has 0 unspecified atom stereocenters. The molecule has 12 nitrogen and oxygen atoms in total. The van der Waals surface area contributed by atoms with Gasteiger partial charge in [-0.25, -0.2) is 10.0 Å². The van der Waals surface area contributed by atoms with Gasteiger partial charge in [0.2, 0.25) is 0 Å². The summed E-state index contributed by atoms with van der Waals surface area (Å²) in [6, 6.07) is 19.4. The number of rotatable bonds is 12. The Morgan fingerprint density at radius 1 is 0.615 bits per heavy atom. The van der Waals surface area contributed by atoms with Crippen LogP contribution in [0.3, 0.4) is 0 Å². The lowest BCUT2D eigenvalue weighted by Crippen LogP contribution is -2.50. The average Bonchev–Trinajstić information content (AvgIpc) is 3.74. The molecule has 2 aromatic heterocycles. The fourth-order valence-corrected chi connectivity index (χ4v) is 6.00. The zero-order valence-corrected chi connectivity index (χ0v) is 28.5. The Bertz CT molecular complexity index is 2140. The van der Waals surface area contributed by atoms with Crippen molar-refractivity contribution in [2.45, 2.75) is 12.8 Å². The van der Waals surface area contributed by atoms with Gasteiger partial charge in [-0.1, -0.05) is 12.1 Å². The number of nitrogens with one attached hydrogen (secondary N) is 2. The van der Waals surface area contributed by atoms with Gasteiger partial charge in [0.1, 0.15) is 11.5 Å². The van der Waals surface area contributed by atoms with Crippen LogP contribution in [0.25, 0.3) is 34.0 Å². The third-order valence-corrected chi connectivity index (χ3v) is 8.73. The quantitative estimate of drug-likeness (QED) is 0.0640. The molecule has 0 saturated heterocycles. The number of hydrogen-bond donors (Lipinski definition) is 6. The van der Waals surface area contributed by atoms with Crippen LogP contribution in [0.4, 0.5) is 0 Å². The van der Waals surface area contributed by atoms with Gasteiger partial charge in [-0.2, -0.15) is 0 Å². The minimum Gasteiger partial charge on any atom is -0.508 e. The lowest BCUT2D eigenvalue weighted by Gasteiger charge is -2.34. The summed E-state index contributed by atoms with van der Waals surface area (Å²) in [6.07, 6.45) is 10.1. The van der Waals surface area contributed by atoms with E-state index in [4.69, 9.17) is 9.47 Å². The zero-order valence-electron chi connectivity index (χ0n) is 28.5. The number of methoxy groups -OCH3 is 2. The van der Waals surface area contributed by atoms with Crippen LogP contribution in [0, 0.1) is 0 Å². The van der Waals surface area contributed by atoms with Crippen LogP contribution < -0.4 is 9.47 Å². The molecular formula is C40H38N4O8. The number of nitrogens with zero attached hydrogens (tertiary/aromatic N) is 2. The second-order valence-electron chi connectivity index (χ2n) is 12.0. The van der Waals surface area contributed by atoms with Gasteiger partial charge in [0, 0.05) is 59.4 Å². The molecule has 0 spiro atoms. The molecule has 2 heterocycles. The van der Waals surface area contributed by atoms with Crippen molar-refractivity contribution in [2.24, 2.45) is 0 Å². The Kier molecular flexibility index (Phi) is 10.4. The molecule has 0 saturated carbocycles. The molecule has 0 fully saturated rings. The Balaban J connectivity index is 1.37. The van der Waals surface area contributed by atoms with Gasteiger partial charge in [-0.05, 0) is 108 Å². The molecule has 6 rings (SSSR count). The molecule has 0 radical (unpaired) electrons. The van der Waals surface area contributed by atoms with Gasteiger partial charge in [0.05, 0.1) is 14.2 Å². The van der Waals surface area contributed by atoms with Crippen molar-refractivity contribution in [3.63, 3.8) is 0 Å². The molecular weight excluding hydrogens is 664 g/mol. The number of H-pyrrole nitrogens is 2. The summed E-state index contributed by atoms with van der Waals surface area (Å²) >= 11 is 0. The maximum Gasteiger partial charge on any atom is 0.265 e. The number of carbonyl (C=O) groups is 2. The minimum absolute atomic E-state index is 0.0437. The largest absolute Gasteiger partial charge is 0.508 e. The van der Waals surface area contributed by atoms with Crippen molar-refractivity contribution in [1.29, 1.82) is 0 Å². The van der Waals surface area contributed by atoms with Crippen molar-refractivity contribution in [1.82, 2.24) is 20.0 Å². The molecule has 2 amide bonds. The third-order valence-electron chi connectivity index (χ3n) is 8.73. The van der Waals surface area contributed by atoms with Crippen molar-refractivity contribution in [3.05, 3.63) is 120 Å². The Hall–Kier alpha value is -6.82. The van der Waals surface area contributed by atoms with Gasteiger partial charge in [0.15, 0.2) is 23.0 Å². The highest BCUT2D eigenvalue weighted by Gasteiger charge is 2.25. The Morgan fingerprint density at radius 2 is 1.04 bits per heavy atom. The summed E-state index contributed by atoms with van der Waals surface area (Å²) < 4.78 is 10.4. The van der Waals surface area contributed by atoms with Crippen LogP contribution in [0.1, 0.15) is 22.3 Å². The number of phenols is 4. The maximum absolute atomic E-state index is 14.2. The lowest BCUT2D eigenvalue weighted by atomic mass is 10.1. The number of hydrazine groups is 1. The molecule has 0 aliphatic rings. The van der Waals surface area contributed by atoms with Crippen molar-refractivity contribution in [2.75, 3.05) is 27.3 Å². The molecule has 12 heteroatoms. The summed E-state index contributed by atoms with van der Waals surface area (Å²) in [4.78, 5) is 34.8. The second-order valence-corrected chi connectivity index (χ2v) is 12.0. The normalized spacial score (nSPS) is 11.5. The van der Waals surface area contributed by atoms with Crippen LogP contribution in [-0.4, -0.2) is 79.5 Å².